The van der Waals surface area contributed by atoms with Gasteiger partial charge in [0, 0.05) is 6.08 Å². The van der Waals surface area contributed by atoms with E-state index in [0.29, 0.717) is 6.54 Å². The van der Waals surface area contributed by atoms with Crippen LogP contribution in [-0.4, -0.2) is 17.6 Å². The van der Waals surface area contributed by atoms with Gasteiger partial charge in [-0.15, -0.1) is 0 Å². The highest BCUT2D eigenvalue weighted by Crippen LogP contribution is 2.06. The molecular formula is C11H13NO2. The van der Waals surface area contributed by atoms with Crippen LogP contribution in [0.4, 0.5) is 0 Å². The molecule has 3 N–H and O–H groups in total. The van der Waals surface area contributed by atoms with Crippen molar-refractivity contribution in [2.24, 2.45) is 5.73 Å². The van der Waals surface area contributed by atoms with Crippen molar-refractivity contribution in [3.05, 3.63) is 41.5 Å². The summed E-state index contributed by atoms with van der Waals surface area (Å²) in [7, 11) is 0. The molecule has 0 aliphatic carbocycles. The molecule has 0 aromatic heterocycles. The number of hydrogen-bond acceptors (Lipinski definition) is 2. The molecule has 0 fully saturated rings. The molecule has 3 nitrogen and oxygen atoms in total. The van der Waals surface area contributed by atoms with Gasteiger partial charge in [-0.1, -0.05) is 24.3 Å². The van der Waals surface area contributed by atoms with Gasteiger partial charge in [-0.2, -0.15) is 0 Å². The second kappa shape index (κ2) is 5.19. The maximum Gasteiger partial charge on any atom is 0.328 e. The zero-order valence-electron chi connectivity index (χ0n) is 7.81. The molecule has 0 aliphatic rings. The summed E-state index contributed by atoms with van der Waals surface area (Å²) in [6.45, 7) is 0.629. The number of aliphatic carboxylic acids is 1. The van der Waals surface area contributed by atoms with Gasteiger partial charge in [-0.25, -0.2) is 4.79 Å². The third-order valence-electron chi connectivity index (χ3n) is 1.83. The van der Waals surface area contributed by atoms with E-state index in [4.69, 9.17) is 10.8 Å². The zero-order chi connectivity index (χ0) is 10.4. The second-order valence-corrected chi connectivity index (χ2v) is 2.95. The molecule has 0 saturated carbocycles. The first-order valence-electron chi connectivity index (χ1n) is 4.42. The molecule has 1 aromatic rings. The lowest BCUT2D eigenvalue weighted by molar-refractivity contribution is -0.131. The summed E-state index contributed by atoms with van der Waals surface area (Å²) in [4.78, 5) is 10.2. The molecule has 0 radical (unpaired) electrons. The molecule has 0 unspecified atom stereocenters. The lowest BCUT2D eigenvalue weighted by atomic mass is 10.1. The Morgan fingerprint density at radius 3 is 2.50 bits per heavy atom. The molecule has 1 rings (SSSR count). The molecule has 0 spiro atoms. The van der Waals surface area contributed by atoms with E-state index in [1.54, 1.807) is 6.08 Å². The quantitative estimate of drug-likeness (QED) is 0.705. The lowest BCUT2D eigenvalue weighted by Gasteiger charge is -1.98. The van der Waals surface area contributed by atoms with Gasteiger partial charge in [0.1, 0.15) is 0 Å². The van der Waals surface area contributed by atoms with Crippen molar-refractivity contribution in [1.82, 2.24) is 0 Å². The maximum atomic E-state index is 10.2. The van der Waals surface area contributed by atoms with Crippen molar-refractivity contribution in [2.45, 2.75) is 6.42 Å². The van der Waals surface area contributed by atoms with Gasteiger partial charge in [-0.05, 0) is 30.2 Å². The predicted molar refractivity (Wildman–Crippen MR) is 55.9 cm³/mol. The first kappa shape index (κ1) is 10.5. The topological polar surface area (TPSA) is 63.3 Å². The average Bonchev–Trinajstić information content (AvgIpc) is 2.17. The number of nitrogens with two attached hydrogens (primary N) is 1. The SMILES string of the molecule is NCCc1ccc(/C=C/C(=O)O)cc1. The van der Waals surface area contributed by atoms with Crippen LogP contribution in [-0.2, 0) is 11.2 Å². The van der Waals surface area contributed by atoms with E-state index < -0.39 is 5.97 Å². The molecule has 0 heterocycles. The van der Waals surface area contributed by atoms with Gasteiger partial charge in [0.2, 0.25) is 0 Å². The van der Waals surface area contributed by atoms with E-state index in [-0.39, 0.29) is 0 Å². The summed E-state index contributed by atoms with van der Waals surface area (Å²) < 4.78 is 0. The lowest BCUT2D eigenvalue weighted by Crippen LogP contribution is -2.02. The fraction of sp³-hybridized carbons (Fsp3) is 0.182. The fourth-order valence-corrected chi connectivity index (χ4v) is 1.13. The van der Waals surface area contributed by atoms with Gasteiger partial charge in [0.15, 0.2) is 0 Å². The van der Waals surface area contributed by atoms with Gasteiger partial charge < -0.3 is 10.8 Å². The fourth-order valence-electron chi connectivity index (χ4n) is 1.13. The van der Waals surface area contributed by atoms with Crippen LogP contribution in [0.15, 0.2) is 30.3 Å². The molecule has 74 valence electrons. The Kier molecular flexibility index (Phi) is 3.88. The van der Waals surface area contributed by atoms with Crippen molar-refractivity contribution in [2.75, 3.05) is 6.54 Å². The summed E-state index contributed by atoms with van der Waals surface area (Å²) in [6.07, 6.45) is 3.54. The Balaban J connectivity index is 2.68. The number of benzene rings is 1. The predicted octanol–water partition coefficient (Wildman–Crippen LogP) is 1.29. The molecule has 1 aromatic carbocycles. The van der Waals surface area contributed by atoms with Crippen molar-refractivity contribution in [1.29, 1.82) is 0 Å². The third kappa shape index (κ3) is 3.41. The van der Waals surface area contributed by atoms with Crippen molar-refractivity contribution in [3.8, 4) is 0 Å². The summed E-state index contributed by atoms with van der Waals surface area (Å²) in [5, 5.41) is 8.41. The minimum Gasteiger partial charge on any atom is -0.478 e. The van der Waals surface area contributed by atoms with Crippen LogP contribution < -0.4 is 5.73 Å². The van der Waals surface area contributed by atoms with Crippen LogP contribution in [0.5, 0.6) is 0 Å². The van der Waals surface area contributed by atoms with Crippen LogP contribution >= 0.6 is 0 Å². The van der Waals surface area contributed by atoms with Crippen LogP contribution in [0.2, 0.25) is 0 Å². The standard InChI is InChI=1S/C11H13NO2/c12-8-7-10-3-1-9(2-4-10)5-6-11(13)14/h1-6H,7-8,12H2,(H,13,14)/b6-5+. The molecule has 14 heavy (non-hydrogen) atoms. The Bertz CT molecular complexity index is 328. The van der Waals surface area contributed by atoms with E-state index in [1.807, 2.05) is 24.3 Å². The highest BCUT2D eigenvalue weighted by atomic mass is 16.4. The largest absolute Gasteiger partial charge is 0.478 e. The Morgan fingerprint density at radius 2 is 2.00 bits per heavy atom. The Labute approximate surface area is 82.9 Å². The van der Waals surface area contributed by atoms with Gasteiger partial charge in [0.25, 0.3) is 0 Å². The molecule has 0 aliphatic heterocycles. The Hall–Kier alpha value is -1.61. The maximum absolute atomic E-state index is 10.2. The summed E-state index contributed by atoms with van der Waals surface area (Å²) in [5.74, 6) is -0.934. The van der Waals surface area contributed by atoms with Crippen molar-refractivity contribution < 1.29 is 9.90 Å². The van der Waals surface area contributed by atoms with Gasteiger partial charge in [0.05, 0.1) is 0 Å². The van der Waals surface area contributed by atoms with Crippen LogP contribution in [0, 0.1) is 0 Å². The van der Waals surface area contributed by atoms with E-state index >= 15 is 0 Å². The highest BCUT2D eigenvalue weighted by Gasteiger charge is 1.92. The number of carbonyl (C=O) groups is 1. The smallest absolute Gasteiger partial charge is 0.328 e. The minimum atomic E-state index is -0.934. The normalized spacial score (nSPS) is 10.6. The van der Waals surface area contributed by atoms with E-state index in [2.05, 4.69) is 0 Å². The monoisotopic (exact) mass is 191 g/mol. The highest BCUT2D eigenvalue weighted by molar-refractivity contribution is 5.85. The van der Waals surface area contributed by atoms with Crippen LogP contribution in [0.3, 0.4) is 0 Å². The minimum absolute atomic E-state index is 0.629. The van der Waals surface area contributed by atoms with E-state index in [1.165, 1.54) is 5.56 Å². The molecular weight excluding hydrogens is 178 g/mol. The molecule has 0 saturated heterocycles. The number of rotatable bonds is 4. The summed E-state index contributed by atoms with van der Waals surface area (Å²) in [6, 6.07) is 7.66. The molecule has 0 bridgehead atoms. The second-order valence-electron chi connectivity index (χ2n) is 2.95. The first-order chi connectivity index (χ1) is 6.72. The van der Waals surface area contributed by atoms with E-state index in [0.717, 1.165) is 18.1 Å². The van der Waals surface area contributed by atoms with Crippen molar-refractivity contribution >= 4 is 12.0 Å². The molecule has 3 heteroatoms. The number of carboxylic acids is 1. The van der Waals surface area contributed by atoms with Gasteiger partial charge in [-0.3, -0.25) is 0 Å². The summed E-state index contributed by atoms with van der Waals surface area (Å²) in [5.41, 5.74) is 7.45. The number of hydrogen-bond donors (Lipinski definition) is 2. The first-order valence-corrected chi connectivity index (χ1v) is 4.42. The Morgan fingerprint density at radius 1 is 1.36 bits per heavy atom. The van der Waals surface area contributed by atoms with Crippen LogP contribution in [0.1, 0.15) is 11.1 Å². The molecule has 0 atom stereocenters. The zero-order valence-corrected chi connectivity index (χ0v) is 7.81. The summed E-state index contributed by atoms with van der Waals surface area (Å²) >= 11 is 0. The molecule has 0 amide bonds. The average molecular weight is 191 g/mol. The third-order valence-corrected chi connectivity index (χ3v) is 1.83. The number of carboxylic acid groups (broad SMARTS) is 1. The van der Waals surface area contributed by atoms with Crippen LogP contribution in [0.25, 0.3) is 6.08 Å². The van der Waals surface area contributed by atoms with Crippen molar-refractivity contribution in [3.63, 3.8) is 0 Å². The van der Waals surface area contributed by atoms with E-state index in [9.17, 15) is 4.79 Å². The van der Waals surface area contributed by atoms with Gasteiger partial charge >= 0.3 is 5.97 Å².